The Morgan fingerprint density at radius 3 is 2.39 bits per heavy atom. The zero-order chi connectivity index (χ0) is 22.2. The molecule has 3 heterocycles. The largest absolute Gasteiger partial charge is 0.394 e. The molecular weight excluding hydrogens is 419 g/mol. The first-order valence-electron chi connectivity index (χ1n) is 9.45. The number of ether oxygens (including phenoxy) is 1. The Morgan fingerprint density at radius 2 is 1.74 bits per heavy atom. The van der Waals surface area contributed by atoms with E-state index < -0.39 is 43.7 Å². The molecule has 2 aromatic heterocycles. The van der Waals surface area contributed by atoms with Gasteiger partial charge in [0.2, 0.25) is 0 Å². The van der Waals surface area contributed by atoms with Crippen molar-refractivity contribution in [3.63, 3.8) is 0 Å². The smallest absolute Gasteiger partial charge is 0.393 e. The number of imidazole rings is 1. The molecule has 1 aliphatic rings. The Labute approximate surface area is 174 Å². The summed E-state index contributed by atoms with van der Waals surface area (Å²) < 4.78 is 44.4. The standard InChI is InChI=1S/C19H20F3N5O4/c20-19(21,22)5-10-1-3-11(4-2-10)6-23-16-13-17(25-8-24-16)27(9-26-13)18-15(30)14(29)12(7-28)31-18/h1-4,8-9,12,14-15,18,28-30H,5-7H2,(H,23,24,25)/t12-,14-,15-,18-/m1/s1. The van der Waals surface area contributed by atoms with Crippen molar-refractivity contribution >= 4 is 17.0 Å². The summed E-state index contributed by atoms with van der Waals surface area (Å²) in [6.45, 7) is -0.163. The highest BCUT2D eigenvalue weighted by atomic mass is 19.4. The van der Waals surface area contributed by atoms with Crippen molar-refractivity contribution in [3.05, 3.63) is 48.0 Å². The van der Waals surface area contributed by atoms with E-state index in [1.165, 1.54) is 29.4 Å². The van der Waals surface area contributed by atoms with E-state index >= 15 is 0 Å². The number of rotatable bonds is 6. The fraction of sp³-hybridized carbons (Fsp3) is 0.421. The lowest BCUT2D eigenvalue weighted by Crippen LogP contribution is -2.33. The minimum absolute atomic E-state index is 0.179. The first-order chi connectivity index (χ1) is 14.8. The van der Waals surface area contributed by atoms with Gasteiger partial charge in [0.25, 0.3) is 0 Å². The summed E-state index contributed by atoms with van der Waals surface area (Å²) in [5, 5.41) is 32.5. The van der Waals surface area contributed by atoms with Crippen molar-refractivity contribution in [3.8, 4) is 0 Å². The van der Waals surface area contributed by atoms with Gasteiger partial charge in [0, 0.05) is 6.54 Å². The number of nitrogens with zero attached hydrogens (tertiary/aromatic N) is 4. The fourth-order valence-electron chi connectivity index (χ4n) is 3.47. The number of aliphatic hydroxyl groups is 3. The van der Waals surface area contributed by atoms with Crippen LogP contribution in [0.15, 0.2) is 36.9 Å². The van der Waals surface area contributed by atoms with Crippen LogP contribution >= 0.6 is 0 Å². The molecule has 4 rings (SSSR count). The molecule has 1 aromatic carbocycles. The molecule has 4 atom stereocenters. The molecule has 9 nitrogen and oxygen atoms in total. The Kier molecular flexibility index (Phi) is 5.79. The number of fused-ring (bicyclic) bond motifs is 1. The molecule has 1 saturated heterocycles. The summed E-state index contributed by atoms with van der Waals surface area (Å²) in [4.78, 5) is 12.6. The van der Waals surface area contributed by atoms with Crippen LogP contribution in [0.5, 0.6) is 0 Å². The topological polar surface area (TPSA) is 126 Å². The van der Waals surface area contributed by atoms with Crippen molar-refractivity contribution in [1.82, 2.24) is 19.5 Å². The van der Waals surface area contributed by atoms with Gasteiger partial charge in [-0.05, 0) is 11.1 Å². The first kappa shape index (κ1) is 21.4. The van der Waals surface area contributed by atoms with Gasteiger partial charge in [-0.25, -0.2) is 15.0 Å². The molecule has 0 aliphatic carbocycles. The molecular formula is C19H20F3N5O4. The number of benzene rings is 1. The average Bonchev–Trinajstić information content (AvgIpc) is 3.28. The second-order valence-corrected chi connectivity index (χ2v) is 7.24. The molecule has 4 N–H and O–H groups in total. The summed E-state index contributed by atoms with van der Waals surface area (Å²) in [6.07, 6.45) is -7.02. The zero-order valence-electron chi connectivity index (χ0n) is 16.1. The van der Waals surface area contributed by atoms with Crippen LogP contribution in [0.4, 0.5) is 19.0 Å². The van der Waals surface area contributed by atoms with Crippen LogP contribution in [0.2, 0.25) is 0 Å². The van der Waals surface area contributed by atoms with Gasteiger partial charge >= 0.3 is 6.18 Å². The molecule has 3 aromatic rings. The molecule has 1 aliphatic heterocycles. The molecule has 0 spiro atoms. The van der Waals surface area contributed by atoms with E-state index in [-0.39, 0.29) is 5.56 Å². The van der Waals surface area contributed by atoms with E-state index in [1.54, 1.807) is 12.1 Å². The second kappa shape index (κ2) is 8.38. The molecule has 0 unspecified atom stereocenters. The number of hydrogen-bond donors (Lipinski definition) is 4. The van der Waals surface area contributed by atoms with Crippen LogP contribution in [0.25, 0.3) is 11.2 Å². The molecule has 0 amide bonds. The van der Waals surface area contributed by atoms with E-state index in [0.717, 1.165) is 5.56 Å². The van der Waals surface area contributed by atoms with Gasteiger partial charge in [-0.2, -0.15) is 13.2 Å². The van der Waals surface area contributed by atoms with Gasteiger partial charge in [-0.15, -0.1) is 0 Å². The molecule has 31 heavy (non-hydrogen) atoms. The Bertz CT molecular complexity index is 1040. The highest BCUT2D eigenvalue weighted by Crippen LogP contribution is 2.32. The third kappa shape index (κ3) is 4.46. The number of anilines is 1. The molecule has 0 bridgehead atoms. The van der Waals surface area contributed by atoms with Gasteiger partial charge in [0.15, 0.2) is 23.2 Å². The lowest BCUT2D eigenvalue weighted by Gasteiger charge is -2.16. The van der Waals surface area contributed by atoms with Gasteiger partial charge in [0.1, 0.15) is 24.6 Å². The number of aliphatic hydroxyl groups excluding tert-OH is 3. The molecule has 166 valence electrons. The van der Waals surface area contributed by atoms with Gasteiger partial charge < -0.3 is 25.4 Å². The third-order valence-electron chi connectivity index (χ3n) is 5.04. The maximum Gasteiger partial charge on any atom is 0.393 e. The summed E-state index contributed by atoms with van der Waals surface area (Å²) in [7, 11) is 0. The van der Waals surface area contributed by atoms with Crippen molar-refractivity contribution < 1.29 is 33.2 Å². The van der Waals surface area contributed by atoms with Crippen molar-refractivity contribution in [2.75, 3.05) is 11.9 Å². The van der Waals surface area contributed by atoms with E-state index in [9.17, 15) is 28.5 Å². The maximum atomic E-state index is 12.5. The average molecular weight is 439 g/mol. The zero-order valence-corrected chi connectivity index (χ0v) is 16.1. The van der Waals surface area contributed by atoms with Gasteiger partial charge in [-0.1, -0.05) is 24.3 Å². The Balaban J connectivity index is 1.50. The highest BCUT2D eigenvalue weighted by Gasteiger charge is 2.44. The number of halogens is 3. The van der Waals surface area contributed by atoms with Crippen LogP contribution in [0.1, 0.15) is 17.4 Å². The summed E-state index contributed by atoms with van der Waals surface area (Å²) in [5.41, 5.74) is 1.65. The van der Waals surface area contributed by atoms with E-state index in [4.69, 9.17) is 4.74 Å². The quantitative estimate of drug-likeness (QED) is 0.451. The predicted octanol–water partition coefficient (Wildman–Crippen LogP) is 1.15. The lowest BCUT2D eigenvalue weighted by atomic mass is 10.1. The SMILES string of the molecule is OC[C@H]1O[C@@H](n2cnc3c(NCc4ccc(CC(F)(F)F)cc4)ncnc32)[C@H](O)[C@@H]1O. The van der Waals surface area contributed by atoms with E-state index in [2.05, 4.69) is 20.3 Å². The number of hydrogen-bond acceptors (Lipinski definition) is 8. The maximum absolute atomic E-state index is 12.5. The Morgan fingerprint density at radius 1 is 1.03 bits per heavy atom. The minimum atomic E-state index is -4.25. The lowest BCUT2D eigenvalue weighted by molar-refractivity contribution is -0.127. The minimum Gasteiger partial charge on any atom is -0.394 e. The summed E-state index contributed by atoms with van der Waals surface area (Å²) in [5.74, 6) is 0.384. The molecule has 0 saturated carbocycles. The number of nitrogens with one attached hydrogen (secondary N) is 1. The van der Waals surface area contributed by atoms with Crippen molar-refractivity contribution in [2.24, 2.45) is 0 Å². The fourth-order valence-corrected chi connectivity index (χ4v) is 3.47. The monoisotopic (exact) mass is 439 g/mol. The van der Waals surface area contributed by atoms with Crippen LogP contribution in [-0.2, 0) is 17.7 Å². The van der Waals surface area contributed by atoms with Crippen molar-refractivity contribution in [1.29, 1.82) is 0 Å². The summed E-state index contributed by atoms with van der Waals surface area (Å²) in [6, 6.07) is 6.06. The first-order valence-corrected chi connectivity index (χ1v) is 9.45. The van der Waals surface area contributed by atoms with Crippen molar-refractivity contribution in [2.45, 2.75) is 43.7 Å². The van der Waals surface area contributed by atoms with E-state index in [1.807, 2.05) is 0 Å². The Hall–Kier alpha value is -2.80. The van der Waals surface area contributed by atoms with Gasteiger partial charge in [0.05, 0.1) is 19.4 Å². The van der Waals surface area contributed by atoms with Crippen LogP contribution < -0.4 is 5.32 Å². The second-order valence-electron chi connectivity index (χ2n) is 7.24. The molecule has 1 fully saturated rings. The highest BCUT2D eigenvalue weighted by molar-refractivity contribution is 5.82. The van der Waals surface area contributed by atoms with Gasteiger partial charge in [-0.3, -0.25) is 4.57 Å². The molecule has 12 heteroatoms. The van der Waals surface area contributed by atoms with E-state index in [0.29, 0.717) is 23.5 Å². The van der Waals surface area contributed by atoms with Crippen LogP contribution in [0, 0.1) is 0 Å². The summed E-state index contributed by atoms with van der Waals surface area (Å²) >= 11 is 0. The van der Waals surface area contributed by atoms with Crippen LogP contribution in [-0.4, -0.2) is 65.9 Å². The number of alkyl halides is 3. The third-order valence-corrected chi connectivity index (χ3v) is 5.04. The predicted molar refractivity (Wildman–Crippen MR) is 102 cm³/mol. The normalized spacial score (nSPS) is 24.1. The molecule has 0 radical (unpaired) electrons. The number of aromatic nitrogens is 4. The van der Waals surface area contributed by atoms with Crippen LogP contribution in [0.3, 0.4) is 0 Å².